The van der Waals surface area contributed by atoms with Crippen LogP contribution in [0.25, 0.3) is 0 Å². The van der Waals surface area contributed by atoms with Gasteiger partial charge in [0.15, 0.2) is 5.13 Å². The Bertz CT molecular complexity index is 629. The van der Waals surface area contributed by atoms with Gasteiger partial charge in [-0.15, -0.1) is 0 Å². The Morgan fingerprint density at radius 2 is 2.20 bits per heavy atom. The number of anilines is 2. The molecule has 2 aromatic rings. The summed E-state index contributed by atoms with van der Waals surface area (Å²) in [5, 5.41) is 3.41. The topological polar surface area (TPSA) is 71.2 Å². The van der Waals surface area contributed by atoms with Crippen LogP contribution < -0.4 is 11.1 Å². The summed E-state index contributed by atoms with van der Waals surface area (Å²) >= 11 is 1.18. The average Bonchev–Trinajstić information content (AvgIpc) is 2.81. The van der Waals surface area contributed by atoms with Gasteiger partial charge in [-0.2, -0.15) is 0 Å². The molecule has 0 bridgehead atoms. The number of thiazole rings is 1. The number of hydrogen-bond donors (Lipinski definition) is 2. The molecule has 1 heterocycles. The zero-order valence-electron chi connectivity index (χ0n) is 11.2. The van der Waals surface area contributed by atoms with Gasteiger partial charge in [0.2, 0.25) is 0 Å². The van der Waals surface area contributed by atoms with Crippen LogP contribution in [0.2, 0.25) is 0 Å². The van der Waals surface area contributed by atoms with E-state index in [-0.39, 0.29) is 24.1 Å². The standard InChI is InChI=1S/C13H15FN4OS/c1-16-13-17-11(15)10(20-13)12(19)18(2)7-8-5-3-4-6-9(8)14/h3-6H,7,15H2,1-2H3,(H,16,17). The van der Waals surface area contributed by atoms with Crippen molar-refractivity contribution in [3.8, 4) is 0 Å². The zero-order chi connectivity index (χ0) is 14.7. The van der Waals surface area contributed by atoms with E-state index in [0.29, 0.717) is 15.6 Å². The highest BCUT2D eigenvalue weighted by Gasteiger charge is 2.20. The third-order valence-corrected chi connectivity index (χ3v) is 3.85. The van der Waals surface area contributed by atoms with Crippen LogP contribution in [0.3, 0.4) is 0 Å². The van der Waals surface area contributed by atoms with Crippen LogP contribution in [0.1, 0.15) is 15.2 Å². The summed E-state index contributed by atoms with van der Waals surface area (Å²) in [5.74, 6) is -0.421. The number of nitrogen functional groups attached to an aromatic ring is 1. The minimum Gasteiger partial charge on any atom is -0.382 e. The molecule has 20 heavy (non-hydrogen) atoms. The minimum atomic E-state index is -0.333. The zero-order valence-corrected chi connectivity index (χ0v) is 12.0. The Morgan fingerprint density at radius 1 is 1.50 bits per heavy atom. The van der Waals surface area contributed by atoms with E-state index in [1.54, 1.807) is 32.3 Å². The van der Waals surface area contributed by atoms with Crippen molar-refractivity contribution in [1.29, 1.82) is 0 Å². The van der Waals surface area contributed by atoms with E-state index >= 15 is 0 Å². The molecular formula is C13H15FN4OS. The molecular weight excluding hydrogens is 279 g/mol. The summed E-state index contributed by atoms with van der Waals surface area (Å²) in [4.78, 5) is 18.1. The molecule has 0 aliphatic carbocycles. The van der Waals surface area contributed by atoms with Gasteiger partial charge in [-0.1, -0.05) is 29.5 Å². The molecule has 1 aromatic carbocycles. The molecule has 0 radical (unpaired) electrons. The van der Waals surface area contributed by atoms with Crippen molar-refractivity contribution in [2.24, 2.45) is 0 Å². The highest BCUT2D eigenvalue weighted by Crippen LogP contribution is 2.26. The number of carbonyl (C=O) groups is 1. The molecule has 0 spiro atoms. The Kier molecular flexibility index (Phi) is 4.19. The summed E-state index contributed by atoms with van der Waals surface area (Å²) < 4.78 is 13.6. The second-order valence-electron chi connectivity index (χ2n) is 4.24. The lowest BCUT2D eigenvalue weighted by Gasteiger charge is -2.16. The molecule has 0 aliphatic rings. The fourth-order valence-electron chi connectivity index (χ4n) is 1.72. The van der Waals surface area contributed by atoms with Crippen LogP contribution in [0, 0.1) is 5.82 Å². The molecule has 1 amide bonds. The second kappa shape index (κ2) is 5.87. The van der Waals surface area contributed by atoms with E-state index in [1.165, 1.54) is 22.3 Å². The second-order valence-corrected chi connectivity index (χ2v) is 5.24. The lowest BCUT2D eigenvalue weighted by Crippen LogP contribution is -2.26. The third-order valence-electron chi connectivity index (χ3n) is 2.77. The fraction of sp³-hybridized carbons (Fsp3) is 0.231. The molecule has 106 valence electrons. The van der Waals surface area contributed by atoms with Crippen LogP contribution in [0.5, 0.6) is 0 Å². The smallest absolute Gasteiger partial charge is 0.267 e. The van der Waals surface area contributed by atoms with Gasteiger partial charge in [0.1, 0.15) is 16.5 Å². The van der Waals surface area contributed by atoms with Crippen molar-refractivity contribution in [3.63, 3.8) is 0 Å². The lowest BCUT2D eigenvalue weighted by molar-refractivity contribution is 0.0789. The van der Waals surface area contributed by atoms with Gasteiger partial charge >= 0.3 is 0 Å². The lowest BCUT2D eigenvalue weighted by atomic mass is 10.2. The van der Waals surface area contributed by atoms with E-state index in [0.717, 1.165) is 0 Å². The molecule has 0 atom stereocenters. The Balaban J connectivity index is 2.16. The van der Waals surface area contributed by atoms with Crippen molar-refractivity contribution in [2.75, 3.05) is 25.1 Å². The van der Waals surface area contributed by atoms with Gasteiger partial charge in [-0.05, 0) is 6.07 Å². The number of nitrogens with one attached hydrogen (secondary N) is 1. The van der Waals surface area contributed by atoms with E-state index < -0.39 is 0 Å². The predicted octanol–water partition coefficient (Wildman–Crippen LogP) is 2.18. The number of benzene rings is 1. The largest absolute Gasteiger partial charge is 0.382 e. The number of hydrogen-bond acceptors (Lipinski definition) is 5. The Labute approximate surface area is 120 Å². The monoisotopic (exact) mass is 294 g/mol. The fourth-order valence-corrected chi connectivity index (χ4v) is 2.55. The summed E-state index contributed by atoms with van der Waals surface area (Å²) in [6.07, 6.45) is 0. The number of nitrogens with two attached hydrogens (primary N) is 1. The molecule has 0 unspecified atom stereocenters. The van der Waals surface area contributed by atoms with Gasteiger partial charge in [-0.3, -0.25) is 4.79 Å². The average molecular weight is 294 g/mol. The van der Waals surface area contributed by atoms with Crippen molar-refractivity contribution in [1.82, 2.24) is 9.88 Å². The number of rotatable bonds is 4. The van der Waals surface area contributed by atoms with Crippen LogP contribution in [0.15, 0.2) is 24.3 Å². The highest BCUT2D eigenvalue weighted by atomic mass is 32.1. The Morgan fingerprint density at radius 3 is 2.80 bits per heavy atom. The Hall–Kier alpha value is -2.15. The normalized spacial score (nSPS) is 10.3. The minimum absolute atomic E-state index is 0.178. The summed E-state index contributed by atoms with van der Waals surface area (Å²) in [7, 11) is 3.31. The van der Waals surface area contributed by atoms with Crippen molar-refractivity contribution in [3.05, 3.63) is 40.5 Å². The third kappa shape index (κ3) is 2.88. The maximum atomic E-state index is 13.6. The first kappa shape index (κ1) is 14.3. The molecule has 2 rings (SSSR count). The molecule has 0 saturated carbocycles. The van der Waals surface area contributed by atoms with Crippen molar-refractivity contribution in [2.45, 2.75) is 6.54 Å². The molecule has 3 N–H and O–H groups in total. The summed E-state index contributed by atoms with van der Waals surface area (Å²) in [6.45, 7) is 0.178. The number of amides is 1. The number of nitrogens with zero attached hydrogens (tertiary/aromatic N) is 2. The van der Waals surface area contributed by atoms with E-state index in [9.17, 15) is 9.18 Å². The van der Waals surface area contributed by atoms with Gasteiger partial charge in [0, 0.05) is 26.2 Å². The molecule has 1 aromatic heterocycles. The summed E-state index contributed by atoms with van der Waals surface area (Å²) in [6, 6.07) is 6.36. The van der Waals surface area contributed by atoms with Gasteiger partial charge < -0.3 is 16.0 Å². The first-order valence-electron chi connectivity index (χ1n) is 5.96. The summed E-state index contributed by atoms with van der Waals surface area (Å²) in [5.41, 5.74) is 6.18. The van der Waals surface area contributed by atoms with Crippen LogP contribution >= 0.6 is 11.3 Å². The molecule has 5 nitrogen and oxygen atoms in total. The van der Waals surface area contributed by atoms with Crippen molar-refractivity contribution < 1.29 is 9.18 Å². The number of halogens is 1. The molecule has 7 heteroatoms. The predicted molar refractivity (Wildman–Crippen MR) is 78.3 cm³/mol. The highest BCUT2D eigenvalue weighted by molar-refractivity contribution is 7.18. The number of aromatic nitrogens is 1. The number of carbonyl (C=O) groups excluding carboxylic acids is 1. The first-order chi connectivity index (χ1) is 9.52. The van der Waals surface area contributed by atoms with Crippen LogP contribution in [0.4, 0.5) is 15.3 Å². The van der Waals surface area contributed by atoms with Gasteiger partial charge in [0.05, 0.1) is 0 Å². The van der Waals surface area contributed by atoms with E-state index in [1.807, 2.05) is 0 Å². The maximum absolute atomic E-state index is 13.6. The van der Waals surface area contributed by atoms with Gasteiger partial charge in [-0.25, -0.2) is 9.37 Å². The van der Waals surface area contributed by atoms with Gasteiger partial charge in [0.25, 0.3) is 5.91 Å². The SMILES string of the molecule is CNc1nc(N)c(C(=O)N(C)Cc2ccccc2F)s1. The molecule has 0 saturated heterocycles. The maximum Gasteiger partial charge on any atom is 0.267 e. The van der Waals surface area contributed by atoms with E-state index in [4.69, 9.17) is 5.73 Å². The van der Waals surface area contributed by atoms with Crippen molar-refractivity contribution >= 4 is 28.2 Å². The van der Waals surface area contributed by atoms with E-state index in [2.05, 4.69) is 10.3 Å². The van der Waals surface area contributed by atoms with Crippen LogP contribution in [-0.4, -0.2) is 29.9 Å². The molecule has 0 aliphatic heterocycles. The first-order valence-corrected chi connectivity index (χ1v) is 6.77. The van der Waals surface area contributed by atoms with Crippen LogP contribution in [-0.2, 0) is 6.54 Å². The molecule has 0 fully saturated rings. The quantitative estimate of drug-likeness (QED) is 0.906.